The van der Waals surface area contributed by atoms with Crippen molar-refractivity contribution in [2.24, 2.45) is 0 Å². The van der Waals surface area contributed by atoms with Gasteiger partial charge in [0.25, 0.3) is 5.56 Å². The molecule has 6 nitrogen and oxygen atoms in total. The van der Waals surface area contributed by atoms with Crippen LogP contribution < -0.4 is 11.2 Å². The Bertz CT molecular complexity index is 992. The first-order valence-electron chi connectivity index (χ1n) is 10.0. The van der Waals surface area contributed by atoms with Crippen LogP contribution in [0.25, 0.3) is 10.9 Å². The molecule has 0 radical (unpaired) electrons. The number of unbranched alkanes of at least 4 members (excludes halogenated alkanes) is 7. The molecule has 0 spiro atoms. The van der Waals surface area contributed by atoms with Gasteiger partial charge in [0.2, 0.25) is 0 Å². The fourth-order valence-electron chi connectivity index (χ4n) is 3.47. The van der Waals surface area contributed by atoms with E-state index in [-0.39, 0.29) is 11.2 Å². The molecule has 0 aliphatic carbocycles. The van der Waals surface area contributed by atoms with E-state index in [1.165, 1.54) is 36.7 Å². The topological polar surface area (TPSA) is 72.7 Å². The zero-order valence-electron chi connectivity index (χ0n) is 16.1. The minimum atomic E-state index is -0.349. The molecule has 0 atom stereocenters. The van der Waals surface area contributed by atoms with E-state index < -0.39 is 0 Å². The number of rotatable bonds is 11. The fraction of sp³-hybridized carbons (Fsp3) is 0.476. The van der Waals surface area contributed by atoms with Gasteiger partial charge in [-0.3, -0.25) is 9.36 Å². The molecule has 2 aromatic heterocycles. The molecule has 0 saturated carbocycles. The van der Waals surface area contributed by atoms with Gasteiger partial charge in [0.05, 0.1) is 17.2 Å². The van der Waals surface area contributed by atoms with Crippen LogP contribution in [0.15, 0.2) is 46.5 Å². The second-order valence-electron chi connectivity index (χ2n) is 7.21. The van der Waals surface area contributed by atoms with Crippen LogP contribution in [0.3, 0.4) is 0 Å². The summed E-state index contributed by atoms with van der Waals surface area (Å²) in [5.74, 6) is 0. The summed E-state index contributed by atoms with van der Waals surface area (Å²) < 4.78 is 3.40. The van der Waals surface area contributed by atoms with Crippen molar-refractivity contribution < 1.29 is 0 Å². The van der Waals surface area contributed by atoms with Gasteiger partial charge >= 0.3 is 5.69 Å². The predicted molar refractivity (Wildman–Crippen MR) is 113 cm³/mol. The van der Waals surface area contributed by atoms with Crippen molar-refractivity contribution in [3.05, 3.63) is 62.8 Å². The summed E-state index contributed by atoms with van der Waals surface area (Å²) in [6, 6.07) is 4.94. The molecular weight excluding hydrogens is 376 g/mol. The quantitative estimate of drug-likeness (QED) is 0.484. The number of nitrogens with one attached hydrogen (secondary N) is 1. The van der Waals surface area contributed by atoms with Crippen LogP contribution >= 0.6 is 11.6 Å². The van der Waals surface area contributed by atoms with Gasteiger partial charge in [-0.15, -0.1) is 0 Å². The van der Waals surface area contributed by atoms with Crippen molar-refractivity contribution in [1.29, 1.82) is 0 Å². The summed E-state index contributed by atoms with van der Waals surface area (Å²) in [7, 11) is 0. The van der Waals surface area contributed by atoms with Crippen molar-refractivity contribution in [1.82, 2.24) is 19.1 Å². The van der Waals surface area contributed by atoms with Crippen LogP contribution in [-0.4, -0.2) is 19.1 Å². The molecule has 7 heteroatoms. The molecule has 1 aromatic carbocycles. The average Bonchev–Trinajstić information content (AvgIpc) is 3.19. The third-order valence-corrected chi connectivity index (χ3v) is 5.29. The van der Waals surface area contributed by atoms with Crippen LogP contribution in [0.4, 0.5) is 0 Å². The first-order chi connectivity index (χ1) is 13.6. The van der Waals surface area contributed by atoms with Crippen LogP contribution in [0.1, 0.15) is 51.4 Å². The van der Waals surface area contributed by atoms with E-state index in [4.69, 9.17) is 11.6 Å². The molecule has 2 heterocycles. The Kier molecular flexibility index (Phi) is 7.48. The maximum atomic E-state index is 12.5. The third kappa shape index (κ3) is 5.58. The molecule has 0 aliphatic heterocycles. The number of nitrogens with zero attached hydrogens (tertiary/aromatic N) is 3. The highest BCUT2D eigenvalue weighted by Crippen LogP contribution is 2.14. The summed E-state index contributed by atoms with van der Waals surface area (Å²) in [5, 5.41) is 0.955. The van der Waals surface area contributed by atoms with Gasteiger partial charge < -0.3 is 9.55 Å². The molecule has 0 saturated heterocycles. The molecular formula is C21H27ClN4O2. The highest BCUT2D eigenvalue weighted by atomic mass is 35.5. The second-order valence-corrected chi connectivity index (χ2v) is 7.64. The van der Waals surface area contributed by atoms with Gasteiger partial charge in [0.15, 0.2) is 0 Å². The number of fused-ring (bicyclic) bond motifs is 1. The lowest BCUT2D eigenvalue weighted by molar-refractivity contribution is 0.517. The average molecular weight is 403 g/mol. The maximum Gasteiger partial charge on any atom is 0.328 e. The minimum absolute atomic E-state index is 0.265. The lowest BCUT2D eigenvalue weighted by atomic mass is 10.1. The second kappa shape index (κ2) is 10.3. The zero-order valence-corrected chi connectivity index (χ0v) is 16.8. The standard InChI is InChI=1S/C21H27ClN4O2/c22-17-9-10-19-18(15-17)20(27)26(21(28)24-19)13-8-6-4-2-1-3-5-7-12-25-14-11-23-16-25/h9-11,14-16H,1-8,12-13H2,(H,24,28). The molecule has 0 amide bonds. The molecule has 0 bridgehead atoms. The van der Waals surface area contributed by atoms with E-state index in [1.54, 1.807) is 18.2 Å². The van der Waals surface area contributed by atoms with Crippen molar-refractivity contribution in [3.63, 3.8) is 0 Å². The summed E-state index contributed by atoms with van der Waals surface area (Å²) in [5.41, 5.74) is -0.0828. The minimum Gasteiger partial charge on any atom is -0.337 e. The number of benzene rings is 1. The Hall–Kier alpha value is -2.34. The highest BCUT2D eigenvalue weighted by molar-refractivity contribution is 6.31. The van der Waals surface area contributed by atoms with Crippen LogP contribution in [-0.2, 0) is 13.1 Å². The zero-order chi connectivity index (χ0) is 19.8. The monoisotopic (exact) mass is 402 g/mol. The molecule has 3 aromatic rings. The maximum absolute atomic E-state index is 12.5. The molecule has 3 rings (SSSR count). The molecule has 1 N–H and O–H groups in total. The highest BCUT2D eigenvalue weighted by Gasteiger charge is 2.07. The van der Waals surface area contributed by atoms with E-state index in [2.05, 4.69) is 14.5 Å². The molecule has 0 aliphatic rings. The molecule has 150 valence electrons. The Morgan fingerprint density at radius 1 is 0.929 bits per heavy atom. The Morgan fingerprint density at radius 3 is 2.29 bits per heavy atom. The van der Waals surface area contributed by atoms with Crippen molar-refractivity contribution in [2.75, 3.05) is 0 Å². The van der Waals surface area contributed by atoms with Crippen LogP contribution in [0, 0.1) is 0 Å². The number of halogens is 1. The van der Waals surface area contributed by atoms with E-state index in [0.717, 1.165) is 25.8 Å². The Labute approximate surface area is 169 Å². The third-order valence-electron chi connectivity index (χ3n) is 5.05. The van der Waals surface area contributed by atoms with E-state index in [0.29, 0.717) is 22.5 Å². The smallest absolute Gasteiger partial charge is 0.328 e. The van der Waals surface area contributed by atoms with Crippen molar-refractivity contribution in [3.8, 4) is 0 Å². The number of aromatic amines is 1. The first-order valence-corrected chi connectivity index (χ1v) is 10.4. The SMILES string of the molecule is O=c1[nH]c2ccc(Cl)cc2c(=O)n1CCCCCCCCCCn1ccnc1. The molecule has 0 fully saturated rings. The number of hydrogen-bond donors (Lipinski definition) is 1. The van der Waals surface area contributed by atoms with Crippen LogP contribution in [0.5, 0.6) is 0 Å². The van der Waals surface area contributed by atoms with Gasteiger partial charge in [-0.05, 0) is 31.0 Å². The molecule has 0 unspecified atom stereocenters. The normalized spacial score (nSPS) is 11.3. The summed E-state index contributed by atoms with van der Waals surface area (Å²) in [6.45, 7) is 1.49. The van der Waals surface area contributed by atoms with E-state index >= 15 is 0 Å². The van der Waals surface area contributed by atoms with Crippen LogP contribution in [0.2, 0.25) is 5.02 Å². The molecule has 28 heavy (non-hydrogen) atoms. The number of H-pyrrole nitrogens is 1. The fourth-order valence-corrected chi connectivity index (χ4v) is 3.64. The number of aromatic nitrogens is 4. The Morgan fingerprint density at radius 2 is 1.61 bits per heavy atom. The van der Waals surface area contributed by atoms with Gasteiger partial charge in [-0.1, -0.05) is 50.1 Å². The summed E-state index contributed by atoms with van der Waals surface area (Å²) >= 11 is 5.97. The van der Waals surface area contributed by atoms with Crippen molar-refractivity contribution >= 4 is 22.5 Å². The van der Waals surface area contributed by atoms with Gasteiger partial charge in [0, 0.05) is 30.5 Å². The Balaban J connectivity index is 1.34. The van der Waals surface area contributed by atoms with E-state index in [1.807, 2.05) is 18.7 Å². The van der Waals surface area contributed by atoms with Gasteiger partial charge in [-0.25, -0.2) is 9.78 Å². The lowest BCUT2D eigenvalue weighted by Crippen LogP contribution is -2.35. The van der Waals surface area contributed by atoms with Gasteiger partial charge in [-0.2, -0.15) is 0 Å². The van der Waals surface area contributed by atoms with Gasteiger partial charge in [0.1, 0.15) is 0 Å². The summed E-state index contributed by atoms with van der Waals surface area (Å²) in [6.07, 6.45) is 14.8. The number of hydrogen-bond acceptors (Lipinski definition) is 3. The first kappa shape index (κ1) is 20.4. The largest absolute Gasteiger partial charge is 0.337 e. The predicted octanol–water partition coefficient (Wildman–Crippen LogP) is 4.36. The van der Waals surface area contributed by atoms with E-state index in [9.17, 15) is 9.59 Å². The number of imidazole rings is 1. The summed E-state index contributed by atoms with van der Waals surface area (Å²) in [4.78, 5) is 31.5. The number of aryl methyl sites for hydroxylation is 1. The lowest BCUT2D eigenvalue weighted by Gasteiger charge is -2.07. The van der Waals surface area contributed by atoms with Crippen molar-refractivity contribution in [2.45, 2.75) is 64.5 Å².